The topological polar surface area (TPSA) is 101 Å². The fourth-order valence-corrected chi connectivity index (χ4v) is 6.24. The Labute approximate surface area is 152 Å². The molecule has 1 atom stereocenters. The van der Waals surface area contributed by atoms with Crippen LogP contribution in [0.1, 0.15) is 32.1 Å². The number of carbonyl (C=O) groups is 1. The van der Waals surface area contributed by atoms with E-state index in [0.29, 0.717) is 19.5 Å². The Balaban J connectivity index is 1.60. The first kappa shape index (κ1) is 17.4. The van der Waals surface area contributed by atoms with E-state index < -0.39 is 14.9 Å². The number of fused-ring (bicyclic) bond motifs is 2. The fourth-order valence-electron chi connectivity index (χ4n) is 4.80. The zero-order valence-electron chi connectivity index (χ0n) is 14.3. The summed E-state index contributed by atoms with van der Waals surface area (Å²) in [6.07, 6.45) is 4.67. The lowest BCUT2D eigenvalue weighted by molar-refractivity contribution is -0.384. The summed E-state index contributed by atoms with van der Waals surface area (Å²) in [5.41, 5.74) is -0.221. The highest BCUT2D eigenvalue weighted by atomic mass is 32.2. The third-order valence-corrected chi connectivity index (χ3v) is 8.04. The lowest BCUT2D eigenvalue weighted by Crippen LogP contribution is -2.56. The lowest BCUT2D eigenvalue weighted by Gasteiger charge is -2.42. The predicted molar refractivity (Wildman–Crippen MR) is 92.9 cm³/mol. The van der Waals surface area contributed by atoms with Crippen molar-refractivity contribution in [2.24, 2.45) is 5.41 Å². The van der Waals surface area contributed by atoms with E-state index in [2.05, 4.69) is 0 Å². The lowest BCUT2D eigenvalue weighted by atomic mass is 9.78. The average molecular weight is 379 g/mol. The van der Waals surface area contributed by atoms with Crippen molar-refractivity contribution < 1.29 is 18.1 Å². The zero-order chi connectivity index (χ0) is 18.5. The molecule has 0 aromatic heterocycles. The van der Waals surface area contributed by atoms with Crippen LogP contribution >= 0.6 is 0 Å². The van der Waals surface area contributed by atoms with Crippen LogP contribution in [0, 0.1) is 15.5 Å². The van der Waals surface area contributed by atoms with Crippen LogP contribution in [0.15, 0.2) is 29.2 Å². The third kappa shape index (κ3) is 2.61. The number of non-ortho nitro benzene ring substituents is 1. The quantitative estimate of drug-likeness (QED) is 0.588. The van der Waals surface area contributed by atoms with Crippen molar-refractivity contribution in [3.8, 4) is 0 Å². The molecular formula is C17H21N3O5S. The van der Waals surface area contributed by atoms with Crippen molar-refractivity contribution in [1.82, 2.24) is 9.21 Å². The molecule has 1 spiro atoms. The Bertz CT molecular complexity index is 846. The molecule has 9 heteroatoms. The number of amides is 1. The molecule has 0 radical (unpaired) electrons. The van der Waals surface area contributed by atoms with Crippen LogP contribution in [0.4, 0.5) is 5.69 Å². The number of sulfonamides is 1. The summed E-state index contributed by atoms with van der Waals surface area (Å²) < 4.78 is 27.4. The Morgan fingerprint density at radius 1 is 1.12 bits per heavy atom. The second-order valence-electron chi connectivity index (χ2n) is 7.46. The molecule has 2 heterocycles. The van der Waals surface area contributed by atoms with Crippen LogP contribution in [-0.2, 0) is 14.8 Å². The van der Waals surface area contributed by atoms with Gasteiger partial charge in [0.05, 0.1) is 15.9 Å². The van der Waals surface area contributed by atoms with Crippen molar-refractivity contribution in [2.75, 3.05) is 19.6 Å². The highest BCUT2D eigenvalue weighted by molar-refractivity contribution is 7.89. The van der Waals surface area contributed by atoms with Crippen LogP contribution in [-0.4, -0.2) is 54.1 Å². The zero-order valence-corrected chi connectivity index (χ0v) is 15.2. The first-order valence-electron chi connectivity index (χ1n) is 8.88. The number of nitrogens with zero attached hydrogens (tertiary/aromatic N) is 3. The minimum absolute atomic E-state index is 0.0564. The molecule has 4 rings (SSSR count). The van der Waals surface area contributed by atoms with E-state index in [1.165, 1.54) is 28.6 Å². The number of carbonyl (C=O) groups excluding carboxylic acids is 1. The second kappa shape index (κ2) is 6.02. The molecule has 8 nitrogen and oxygen atoms in total. The van der Waals surface area contributed by atoms with Gasteiger partial charge >= 0.3 is 0 Å². The molecule has 2 saturated heterocycles. The first-order valence-corrected chi connectivity index (χ1v) is 10.3. The summed E-state index contributed by atoms with van der Waals surface area (Å²) in [5.74, 6) is 0.143. The molecule has 1 amide bonds. The van der Waals surface area contributed by atoms with Crippen LogP contribution < -0.4 is 0 Å². The van der Waals surface area contributed by atoms with Crippen molar-refractivity contribution in [1.29, 1.82) is 0 Å². The van der Waals surface area contributed by atoms with Gasteiger partial charge in [0, 0.05) is 43.6 Å². The number of rotatable bonds is 3. The highest BCUT2D eigenvalue weighted by Gasteiger charge is 2.55. The Kier molecular flexibility index (Phi) is 4.03. The highest BCUT2D eigenvalue weighted by Crippen LogP contribution is 2.51. The maximum absolute atomic E-state index is 13.0. The number of hydrogen-bond donors (Lipinski definition) is 0. The maximum atomic E-state index is 13.0. The molecule has 140 valence electrons. The summed E-state index contributed by atoms with van der Waals surface area (Å²) >= 11 is 0. The minimum Gasteiger partial charge on any atom is -0.336 e. The van der Waals surface area contributed by atoms with E-state index in [0.717, 1.165) is 25.7 Å². The van der Waals surface area contributed by atoms with Gasteiger partial charge in [0.1, 0.15) is 0 Å². The normalized spacial score (nSPS) is 25.6. The van der Waals surface area contributed by atoms with Gasteiger partial charge in [-0.15, -0.1) is 0 Å². The van der Waals surface area contributed by atoms with Crippen LogP contribution in [0.2, 0.25) is 0 Å². The van der Waals surface area contributed by atoms with E-state index >= 15 is 0 Å². The molecule has 0 N–H and O–H groups in total. The van der Waals surface area contributed by atoms with Crippen LogP contribution in [0.3, 0.4) is 0 Å². The van der Waals surface area contributed by atoms with Gasteiger partial charge in [-0.05, 0) is 25.0 Å². The summed E-state index contributed by atoms with van der Waals surface area (Å²) in [6, 6.07) is 4.93. The van der Waals surface area contributed by atoms with Crippen LogP contribution in [0.5, 0.6) is 0 Å². The predicted octanol–water partition coefficient (Wildman–Crippen LogP) is 1.76. The SMILES string of the molecule is O=C1CC2(CCCC2)[C@@H]2CN(S(=O)(=O)c3ccc([N+](=O)[O-])cc3)CCN12. The molecule has 1 aromatic carbocycles. The maximum Gasteiger partial charge on any atom is 0.269 e. The second-order valence-corrected chi connectivity index (χ2v) is 9.40. The van der Waals surface area contributed by atoms with Crippen molar-refractivity contribution in [3.05, 3.63) is 34.4 Å². The van der Waals surface area contributed by atoms with E-state index in [-0.39, 0.29) is 34.5 Å². The third-order valence-electron chi connectivity index (χ3n) is 6.16. The fraction of sp³-hybridized carbons (Fsp3) is 0.588. The van der Waals surface area contributed by atoms with Gasteiger partial charge in [-0.3, -0.25) is 14.9 Å². The Morgan fingerprint density at radius 2 is 1.77 bits per heavy atom. The van der Waals surface area contributed by atoms with Crippen molar-refractivity contribution >= 4 is 21.6 Å². The minimum atomic E-state index is -3.73. The number of piperazine rings is 1. The summed E-state index contributed by atoms with van der Waals surface area (Å²) in [4.78, 5) is 24.5. The van der Waals surface area contributed by atoms with E-state index in [1.807, 2.05) is 4.90 Å². The number of nitro groups is 1. The van der Waals surface area contributed by atoms with E-state index in [4.69, 9.17) is 0 Å². The Morgan fingerprint density at radius 3 is 2.38 bits per heavy atom. The summed E-state index contributed by atoms with van der Waals surface area (Å²) in [7, 11) is -3.73. The molecule has 3 aliphatic rings. The van der Waals surface area contributed by atoms with Gasteiger partial charge in [0.2, 0.25) is 15.9 Å². The van der Waals surface area contributed by atoms with Gasteiger partial charge in [0.25, 0.3) is 5.69 Å². The molecule has 3 fully saturated rings. The first-order chi connectivity index (χ1) is 12.3. The molecule has 1 saturated carbocycles. The number of hydrogen-bond acceptors (Lipinski definition) is 5. The van der Waals surface area contributed by atoms with Gasteiger partial charge in [-0.2, -0.15) is 4.31 Å². The van der Waals surface area contributed by atoms with E-state index in [9.17, 15) is 23.3 Å². The molecule has 2 aliphatic heterocycles. The number of benzene rings is 1. The standard InChI is InChI=1S/C17H21N3O5S/c21-16-11-17(7-1-2-8-17)15-12-18(9-10-19(15)16)26(24,25)14-5-3-13(4-6-14)20(22)23/h3-6,15H,1-2,7-12H2/t15-/m0/s1. The smallest absolute Gasteiger partial charge is 0.269 e. The van der Waals surface area contributed by atoms with Gasteiger partial charge in [-0.1, -0.05) is 12.8 Å². The molecule has 0 unspecified atom stereocenters. The van der Waals surface area contributed by atoms with Gasteiger partial charge in [-0.25, -0.2) is 8.42 Å². The van der Waals surface area contributed by atoms with E-state index in [1.54, 1.807) is 0 Å². The molecule has 1 aromatic rings. The Hall–Kier alpha value is -2.00. The molecular weight excluding hydrogens is 358 g/mol. The summed E-state index contributed by atoms with van der Waals surface area (Å²) in [6.45, 7) is 0.986. The average Bonchev–Trinajstić information content (AvgIpc) is 3.20. The molecule has 0 bridgehead atoms. The number of nitro benzene ring substituents is 1. The van der Waals surface area contributed by atoms with Crippen LogP contribution in [0.25, 0.3) is 0 Å². The summed E-state index contributed by atoms with van der Waals surface area (Å²) in [5, 5.41) is 10.8. The van der Waals surface area contributed by atoms with Gasteiger partial charge < -0.3 is 4.90 Å². The molecule has 26 heavy (non-hydrogen) atoms. The van der Waals surface area contributed by atoms with Crippen molar-refractivity contribution in [2.45, 2.75) is 43.0 Å². The molecule has 1 aliphatic carbocycles. The van der Waals surface area contributed by atoms with Crippen molar-refractivity contribution in [3.63, 3.8) is 0 Å². The largest absolute Gasteiger partial charge is 0.336 e. The van der Waals surface area contributed by atoms with Gasteiger partial charge in [0.15, 0.2) is 0 Å². The monoisotopic (exact) mass is 379 g/mol.